The molecule has 2 unspecified atom stereocenters. The molecule has 58 valence electrons. The molecule has 1 aliphatic carbocycles. The van der Waals surface area contributed by atoms with Crippen LogP contribution in [0.2, 0.25) is 0 Å². The highest BCUT2D eigenvalue weighted by molar-refractivity contribution is 5.85. The fraction of sp³-hybridized carbons (Fsp3) is 0.857. The number of halogens is 1. The van der Waals surface area contributed by atoms with Crippen LogP contribution in [0, 0.1) is 11.8 Å². The molecule has 0 radical (unpaired) electrons. The molecule has 1 fully saturated rings. The molecule has 0 aromatic carbocycles. The molecule has 1 aliphatic heterocycles. The summed E-state index contributed by atoms with van der Waals surface area (Å²) in [4.78, 5) is 4.22. The SMILES string of the molecule is Cl.NC1=NCC2CCCC12. The smallest absolute Gasteiger partial charge is 0.0972 e. The van der Waals surface area contributed by atoms with Gasteiger partial charge in [0.2, 0.25) is 0 Å². The molecule has 2 nitrogen and oxygen atoms in total. The van der Waals surface area contributed by atoms with Crippen molar-refractivity contribution in [1.29, 1.82) is 0 Å². The number of hydrogen-bond acceptors (Lipinski definition) is 2. The van der Waals surface area contributed by atoms with E-state index in [1.54, 1.807) is 0 Å². The van der Waals surface area contributed by atoms with Crippen LogP contribution < -0.4 is 5.73 Å². The van der Waals surface area contributed by atoms with Crippen LogP contribution in [0.15, 0.2) is 4.99 Å². The van der Waals surface area contributed by atoms with Gasteiger partial charge in [-0.05, 0) is 18.8 Å². The van der Waals surface area contributed by atoms with Crippen molar-refractivity contribution >= 4 is 18.2 Å². The lowest BCUT2D eigenvalue weighted by molar-refractivity contribution is 0.529. The summed E-state index contributed by atoms with van der Waals surface area (Å²) < 4.78 is 0. The molecular formula is C7H13ClN2. The van der Waals surface area contributed by atoms with Gasteiger partial charge >= 0.3 is 0 Å². The van der Waals surface area contributed by atoms with Crippen molar-refractivity contribution in [1.82, 2.24) is 0 Å². The van der Waals surface area contributed by atoms with Crippen molar-refractivity contribution in [3.8, 4) is 0 Å². The van der Waals surface area contributed by atoms with E-state index in [0.717, 1.165) is 18.3 Å². The number of hydrogen-bond donors (Lipinski definition) is 1. The maximum Gasteiger partial charge on any atom is 0.0972 e. The van der Waals surface area contributed by atoms with Crippen molar-refractivity contribution in [3.05, 3.63) is 0 Å². The van der Waals surface area contributed by atoms with Crippen LogP contribution in [0.1, 0.15) is 19.3 Å². The lowest BCUT2D eigenvalue weighted by atomic mass is 9.99. The molecule has 3 heteroatoms. The first-order chi connectivity index (χ1) is 4.38. The van der Waals surface area contributed by atoms with Gasteiger partial charge in [-0.2, -0.15) is 0 Å². The average Bonchev–Trinajstić information content (AvgIpc) is 2.35. The Hall–Kier alpha value is -0.240. The molecule has 0 spiro atoms. The van der Waals surface area contributed by atoms with Gasteiger partial charge in [0.25, 0.3) is 0 Å². The number of aliphatic imine (C=N–C) groups is 1. The Bertz CT molecular complexity index is 156. The first-order valence-corrected chi connectivity index (χ1v) is 3.68. The zero-order valence-corrected chi connectivity index (χ0v) is 6.73. The summed E-state index contributed by atoms with van der Waals surface area (Å²) in [6.07, 6.45) is 4.01. The Balaban J connectivity index is 0.000000500. The fourth-order valence-electron chi connectivity index (χ4n) is 1.98. The van der Waals surface area contributed by atoms with E-state index >= 15 is 0 Å². The van der Waals surface area contributed by atoms with Crippen molar-refractivity contribution < 1.29 is 0 Å². The molecule has 2 N–H and O–H groups in total. The van der Waals surface area contributed by atoms with E-state index in [1.807, 2.05) is 0 Å². The van der Waals surface area contributed by atoms with Crippen LogP contribution in [0.5, 0.6) is 0 Å². The summed E-state index contributed by atoms with van der Waals surface area (Å²) in [5.74, 6) is 2.42. The van der Waals surface area contributed by atoms with Gasteiger partial charge in [-0.1, -0.05) is 6.42 Å². The average molecular weight is 161 g/mol. The number of rotatable bonds is 0. The van der Waals surface area contributed by atoms with E-state index in [4.69, 9.17) is 5.73 Å². The van der Waals surface area contributed by atoms with Crippen molar-refractivity contribution in [3.63, 3.8) is 0 Å². The molecule has 2 aliphatic rings. The minimum Gasteiger partial charge on any atom is -0.387 e. The Morgan fingerprint density at radius 3 is 2.90 bits per heavy atom. The van der Waals surface area contributed by atoms with Gasteiger partial charge in [-0.3, -0.25) is 4.99 Å². The van der Waals surface area contributed by atoms with Gasteiger partial charge in [0.1, 0.15) is 0 Å². The second kappa shape index (κ2) is 2.79. The Labute approximate surface area is 67.3 Å². The van der Waals surface area contributed by atoms with E-state index in [-0.39, 0.29) is 12.4 Å². The maximum atomic E-state index is 5.67. The normalized spacial score (nSPS) is 36.6. The number of nitrogens with zero attached hydrogens (tertiary/aromatic N) is 1. The second-order valence-electron chi connectivity index (χ2n) is 3.06. The maximum absolute atomic E-state index is 5.67. The second-order valence-corrected chi connectivity index (χ2v) is 3.06. The third-order valence-electron chi connectivity index (χ3n) is 2.55. The number of amidine groups is 1. The molecule has 1 heterocycles. The van der Waals surface area contributed by atoms with Gasteiger partial charge in [0, 0.05) is 12.5 Å². The van der Waals surface area contributed by atoms with Crippen LogP contribution in [0.25, 0.3) is 0 Å². The van der Waals surface area contributed by atoms with E-state index < -0.39 is 0 Å². The van der Waals surface area contributed by atoms with E-state index in [1.165, 1.54) is 19.3 Å². The molecule has 10 heavy (non-hydrogen) atoms. The van der Waals surface area contributed by atoms with Gasteiger partial charge in [-0.15, -0.1) is 12.4 Å². The zero-order chi connectivity index (χ0) is 6.27. The van der Waals surface area contributed by atoms with Gasteiger partial charge < -0.3 is 5.73 Å². The minimum absolute atomic E-state index is 0. The third-order valence-corrected chi connectivity index (χ3v) is 2.55. The molecule has 2 atom stereocenters. The van der Waals surface area contributed by atoms with Gasteiger partial charge in [0.05, 0.1) is 5.84 Å². The van der Waals surface area contributed by atoms with Crippen molar-refractivity contribution in [2.45, 2.75) is 19.3 Å². The standard InChI is InChI=1S/C7H12N2.ClH/c8-7-6-3-1-2-5(6)4-9-7;/h5-6H,1-4H2,(H2,8,9);1H. The molecule has 2 rings (SSSR count). The summed E-state index contributed by atoms with van der Waals surface area (Å²) in [6, 6.07) is 0. The molecule has 0 bridgehead atoms. The lowest BCUT2D eigenvalue weighted by Crippen LogP contribution is -2.20. The van der Waals surface area contributed by atoms with Gasteiger partial charge in [-0.25, -0.2) is 0 Å². The molecule has 1 saturated carbocycles. The van der Waals surface area contributed by atoms with Crippen molar-refractivity contribution in [2.24, 2.45) is 22.6 Å². The molecule has 0 amide bonds. The summed E-state index contributed by atoms with van der Waals surface area (Å²) in [7, 11) is 0. The predicted octanol–water partition coefficient (Wildman–Crippen LogP) is 1.20. The van der Waals surface area contributed by atoms with E-state index in [0.29, 0.717) is 5.92 Å². The van der Waals surface area contributed by atoms with Crippen LogP contribution in [-0.4, -0.2) is 12.4 Å². The highest BCUT2D eigenvalue weighted by Crippen LogP contribution is 2.35. The van der Waals surface area contributed by atoms with E-state index in [2.05, 4.69) is 4.99 Å². The quantitative estimate of drug-likeness (QED) is 0.568. The number of nitrogens with two attached hydrogens (primary N) is 1. The Morgan fingerprint density at radius 1 is 1.40 bits per heavy atom. The Morgan fingerprint density at radius 2 is 2.20 bits per heavy atom. The molecule has 0 aromatic heterocycles. The summed E-state index contributed by atoms with van der Waals surface area (Å²) in [5, 5.41) is 0. The topological polar surface area (TPSA) is 38.4 Å². The van der Waals surface area contributed by atoms with E-state index in [9.17, 15) is 0 Å². The number of fused-ring (bicyclic) bond motifs is 1. The van der Waals surface area contributed by atoms with Crippen LogP contribution in [0.4, 0.5) is 0 Å². The van der Waals surface area contributed by atoms with Crippen LogP contribution in [0.3, 0.4) is 0 Å². The molecular weight excluding hydrogens is 148 g/mol. The summed E-state index contributed by atoms with van der Waals surface area (Å²) in [6.45, 7) is 1.01. The predicted molar refractivity (Wildman–Crippen MR) is 44.6 cm³/mol. The third kappa shape index (κ3) is 1.01. The first-order valence-electron chi connectivity index (χ1n) is 3.68. The molecule has 0 saturated heterocycles. The monoisotopic (exact) mass is 160 g/mol. The summed E-state index contributed by atoms with van der Waals surface area (Å²) >= 11 is 0. The largest absolute Gasteiger partial charge is 0.387 e. The highest BCUT2D eigenvalue weighted by atomic mass is 35.5. The minimum atomic E-state index is 0. The highest BCUT2D eigenvalue weighted by Gasteiger charge is 2.33. The van der Waals surface area contributed by atoms with Gasteiger partial charge in [0.15, 0.2) is 0 Å². The summed E-state index contributed by atoms with van der Waals surface area (Å²) in [5.41, 5.74) is 5.67. The zero-order valence-electron chi connectivity index (χ0n) is 5.92. The lowest BCUT2D eigenvalue weighted by Gasteiger charge is -2.05. The van der Waals surface area contributed by atoms with Crippen LogP contribution >= 0.6 is 12.4 Å². The first kappa shape index (κ1) is 7.86. The van der Waals surface area contributed by atoms with Crippen LogP contribution in [-0.2, 0) is 0 Å². The van der Waals surface area contributed by atoms with Crippen molar-refractivity contribution in [2.75, 3.05) is 6.54 Å². The Kier molecular flexibility index (Phi) is 2.19. The fourth-order valence-corrected chi connectivity index (χ4v) is 1.98. The molecule has 0 aromatic rings.